The van der Waals surface area contributed by atoms with Gasteiger partial charge >= 0.3 is 0 Å². The lowest BCUT2D eigenvalue weighted by molar-refractivity contribution is 0.117. The summed E-state index contributed by atoms with van der Waals surface area (Å²) in [6.07, 6.45) is 3.88. The average Bonchev–Trinajstić information content (AvgIpc) is 2.67. The topological polar surface area (TPSA) is 93.8 Å². The van der Waals surface area contributed by atoms with Crippen LogP contribution in [0.2, 0.25) is 0 Å². The van der Waals surface area contributed by atoms with Crippen molar-refractivity contribution in [3.05, 3.63) is 65.7 Å². The van der Waals surface area contributed by atoms with Crippen molar-refractivity contribution in [3.8, 4) is 0 Å². The molecular weight excluding hydrogens is 374 g/mol. The molecule has 3 N–H and O–H groups in total. The second kappa shape index (κ2) is 11.5. The van der Waals surface area contributed by atoms with Crippen LogP contribution in [0.3, 0.4) is 0 Å². The maximum absolute atomic E-state index is 12.2. The lowest BCUT2D eigenvalue weighted by Gasteiger charge is -2.07. The van der Waals surface area contributed by atoms with E-state index in [2.05, 4.69) is 21.8 Å². The van der Waals surface area contributed by atoms with Crippen LogP contribution >= 0.6 is 0 Å². The van der Waals surface area contributed by atoms with Crippen LogP contribution in [-0.2, 0) is 21.4 Å². The standard InChI is InChI=1S/C21H29N3O3S/c1-18-11-13-20(14-12-18)28(25,26)24-21(22)23-15-7-2-3-8-16-27-17-19-9-5-4-6-10-19/h4-6,9-14H,2-3,7-8,15-17H2,1H3,(H3,22,23,24). The summed E-state index contributed by atoms with van der Waals surface area (Å²) in [6, 6.07) is 16.7. The van der Waals surface area contributed by atoms with Crippen LogP contribution in [0.1, 0.15) is 36.8 Å². The number of nitrogens with two attached hydrogens (primary N) is 1. The number of rotatable bonds is 11. The Labute approximate surface area is 167 Å². The van der Waals surface area contributed by atoms with Crippen molar-refractivity contribution in [3.63, 3.8) is 0 Å². The summed E-state index contributed by atoms with van der Waals surface area (Å²) in [5.41, 5.74) is 7.88. The highest BCUT2D eigenvalue weighted by Gasteiger charge is 2.14. The number of ether oxygens (including phenoxy) is 1. The maximum atomic E-state index is 12.2. The SMILES string of the molecule is Cc1ccc(S(=O)(=O)NC(N)=NCCCCCCOCc2ccccc2)cc1. The summed E-state index contributed by atoms with van der Waals surface area (Å²) in [6.45, 7) is 3.77. The van der Waals surface area contributed by atoms with Crippen LogP contribution in [0.4, 0.5) is 0 Å². The minimum Gasteiger partial charge on any atom is -0.377 e. The highest BCUT2D eigenvalue weighted by atomic mass is 32.2. The molecule has 28 heavy (non-hydrogen) atoms. The molecule has 2 aromatic carbocycles. The molecule has 0 aliphatic carbocycles. The minimum absolute atomic E-state index is 0.0771. The first kappa shape index (κ1) is 21.9. The van der Waals surface area contributed by atoms with E-state index in [1.807, 2.05) is 25.1 Å². The molecule has 0 aliphatic heterocycles. The molecular formula is C21H29N3O3S. The molecule has 0 saturated heterocycles. The molecule has 2 aromatic rings. The molecule has 6 nitrogen and oxygen atoms in total. The van der Waals surface area contributed by atoms with E-state index in [1.165, 1.54) is 5.56 Å². The van der Waals surface area contributed by atoms with Crippen LogP contribution < -0.4 is 10.5 Å². The third-order valence-corrected chi connectivity index (χ3v) is 5.53. The summed E-state index contributed by atoms with van der Waals surface area (Å²) in [5, 5.41) is 0. The fourth-order valence-corrected chi connectivity index (χ4v) is 3.53. The number of unbranched alkanes of at least 4 members (excludes halogenated alkanes) is 3. The number of hydrogen-bond acceptors (Lipinski definition) is 4. The largest absolute Gasteiger partial charge is 0.377 e. The normalized spacial score (nSPS) is 12.1. The lowest BCUT2D eigenvalue weighted by atomic mass is 10.2. The molecule has 2 rings (SSSR count). The van der Waals surface area contributed by atoms with E-state index in [4.69, 9.17) is 10.5 Å². The summed E-state index contributed by atoms with van der Waals surface area (Å²) >= 11 is 0. The number of guanidine groups is 1. The second-order valence-electron chi connectivity index (χ2n) is 6.64. The summed E-state index contributed by atoms with van der Waals surface area (Å²) in [7, 11) is -3.68. The van der Waals surface area contributed by atoms with Gasteiger partial charge in [-0.2, -0.15) is 0 Å². The first-order chi connectivity index (χ1) is 13.5. The van der Waals surface area contributed by atoms with Crippen LogP contribution in [0.25, 0.3) is 0 Å². The van der Waals surface area contributed by atoms with E-state index < -0.39 is 10.0 Å². The van der Waals surface area contributed by atoms with Gasteiger partial charge in [-0.15, -0.1) is 0 Å². The van der Waals surface area contributed by atoms with E-state index in [1.54, 1.807) is 24.3 Å². The van der Waals surface area contributed by atoms with Gasteiger partial charge in [-0.1, -0.05) is 60.9 Å². The predicted octanol–water partition coefficient (Wildman–Crippen LogP) is 3.37. The molecule has 0 unspecified atom stereocenters. The molecule has 0 atom stereocenters. The predicted molar refractivity (Wildman–Crippen MR) is 113 cm³/mol. The van der Waals surface area contributed by atoms with Crippen LogP contribution in [-0.4, -0.2) is 27.5 Å². The van der Waals surface area contributed by atoms with E-state index in [0.717, 1.165) is 37.9 Å². The minimum atomic E-state index is -3.68. The molecule has 0 heterocycles. The third-order valence-electron chi connectivity index (χ3n) is 4.16. The zero-order chi connectivity index (χ0) is 20.2. The highest BCUT2D eigenvalue weighted by Crippen LogP contribution is 2.09. The first-order valence-electron chi connectivity index (χ1n) is 9.48. The lowest BCUT2D eigenvalue weighted by Crippen LogP contribution is -2.36. The Bertz CT molecular complexity index is 835. The van der Waals surface area contributed by atoms with Crippen molar-refractivity contribution >= 4 is 16.0 Å². The van der Waals surface area contributed by atoms with Gasteiger partial charge in [-0.05, 0) is 37.5 Å². The Morgan fingerprint density at radius 1 is 1.00 bits per heavy atom. The van der Waals surface area contributed by atoms with E-state index in [0.29, 0.717) is 13.2 Å². The highest BCUT2D eigenvalue weighted by molar-refractivity contribution is 7.90. The second-order valence-corrected chi connectivity index (χ2v) is 8.32. The number of nitrogens with zero attached hydrogens (tertiary/aromatic N) is 1. The fraction of sp³-hybridized carbons (Fsp3) is 0.381. The quantitative estimate of drug-likeness (QED) is 0.342. The monoisotopic (exact) mass is 403 g/mol. The van der Waals surface area contributed by atoms with Crippen molar-refractivity contribution < 1.29 is 13.2 Å². The number of nitrogens with one attached hydrogen (secondary N) is 1. The number of aliphatic imine (C=N–C) groups is 1. The Kier molecular flexibility index (Phi) is 8.97. The van der Waals surface area contributed by atoms with Gasteiger partial charge in [0, 0.05) is 13.2 Å². The molecule has 0 bridgehead atoms. The van der Waals surface area contributed by atoms with Crippen molar-refractivity contribution in [2.75, 3.05) is 13.2 Å². The maximum Gasteiger partial charge on any atom is 0.264 e. The van der Waals surface area contributed by atoms with E-state index in [9.17, 15) is 8.42 Å². The summed E-state index contributed by atoms with van der Waals surface area (Å²) in [5.74, 6) is -0.0771. The van der Waals surface area contributed by atoms with Crippen LogP contribution in [0.5, 0.6) is 0 Å². The molecule has 0 aromatic heterocycles. The Morgan fingerprint density at radius 3 is 2.39 bits per heavy atom. The molecule has 7 heteroatoms. The Hall–Kier alpha value is -2.38. The molecule has 0 fully saturated rings. The van der Waals surface area contributed by atoms with Gasteiger partial charge in [0.1, 0.15) is 0 Å². The summed E-state index contributed by atoms with van der Waals surface area (Å²) in [4.78, 5) is 4.27. The zero-order valence-electron chi connectivity index (χ0n) is 16.3. The number of aryl methyl sites for hydroxylation is 1. The van der Waals surface area contributed by atoms with Crippen LogP contribution in [0.15, 0.2) is 64.5 Å². The van der Waals surface area contributed by atoms with Gasteiger partial charge in [0.15, 0.2) is 0 Å². The van der Waals surface area contributed by atoms with E-state index in [-0.39, 0.29) is 10.9 Å². The number of hydrogen-bond donors (Lipinski definition) is 2. The molecule has 0 aliphatic rings. The number of sulfonamides is 1. The molecule has 0 spiro atoms. The number of benzene rings is 2. The van der Waals surface area contributed by atoms with Gasteiger partial charge in [-0.3, -0.25) is 4.99 Å². The molecule has 152 valence electrons. The van der Waals surface area contributed by atoms with Gasteiger partial charge in [0.25, 0.3) is 10.0 Å². The van der Waals surface area contributed by atoms with Gasteiger partial charge in [-0.25, -0.2) is 13.1 Å². The third kappa shape index (κ3) is 8.10. The Balaban J connectivity index is 1.57. The summed E-state index contributed by atoms with van der Waals surface area (Å²) < 4.78 is 32.4. The zero-order valence-corrected chi connectivity index (χ0v) is 17.1. The van der Waals surface area contributed by atoms with Gasteiger partial charge < -0.3 is 10.5 Å². The Morgan fingerprint density at radius 2 is 1.68 bits per heavy atom. The fourth-order valence-electron chi connectivity index (χ4n) is 2.58. The van der Waals surface area contributed by atoms with Crippen molar-refractivity contribution in [2.24, 2.45) is 10.7 Å². The van der Waals surface area contributed by atoms with Crippen molar-refractivity contribution in [1.29, 1.82) is 0 Å². The van der Waals surface area contributed by atoms with Crippen molar-refractivity contribution in [2.45, 2.75) is 44.1 Å². The average molecular weight is 404 g/mol. The first-order valence-corrected chi connectivity index (χ1v) is 11.0. The molecule has 0 saturated carbocycles. The van der Waals surface area contributed by atoms with Gasteiger partial charge in [0.05, 0.1) is 11.5 Å². The molecule has 0 amide bonds. The smallest absolute Gasteiger partial charge is 0.264 e. The van der Waals surface area contributed by atoms with Crippen molar-refractivity contribution in [1.82, 2.24) is 4.72 Å². The van der Waals surface area contributed by atoms with E-state index >= 15 is 0 Å². The van der Waals surface area contributed by atoms with Crippen LogP contribution in [0, 0.1) is 6.92 Å². The molecule has 0 radical (unpaired) electrons. The van der Waals surface area contributed by atoms with Gasteiger partial charge in [0.2, 0.25) is 5.96 Å².